The van der Waals surface area contributed by atoms with Crippen LogP contribution in [0.2, 0.25) is 0 Å². The van der Waals surface area contributed by atoms with Crippen LogP contribution in [0.25, 0.3) is 10.2 Å². The Labute approximate surface area is 209 Å². The van der Waals surface area contributed by atoms with Crippen molar-refractivity contribution in [2.75, 3.05) is 31.1 Å². The van der Waals surface area contributed by atoms with Crippen LogP contribution in [0, 0.1) is 17.2 Å². The van der Waals surface area contributed by atoms with Crippen LogP contribution in [-0.4, -0.2) is 46.5 Å². The lowest BCUT2D eigenvalue weighted by atomic mass is 9.72. The lowest BCUT2D eigenvalue weighted by molar-refractivity contribution is -0.131. The van der Waals surface area contributed by atoms with Crippen LogP contribution in [0.1, 0.15) is 44.1 Å². The molecule has 6 nitrogen and oxygen atoms in total. The molecule has 1 fully saturated rings. The summed E-state index contributed by atoms with van der Waals surface area (Å²) in [4.78, 5) is 36.9. The number of nitrogens with zero attached hydrogens (tertiary/aromatic N) is 4. The van der Waals surface area contributed by atoms with Gasteiger partial charge in [0, 0.05) is 49.7 Å². The molecule has 186 valence electrons. The molecule has 35 heavy (non-hydrogen) atoms. The highest BCUT2D eigenvalue weighted by molar-refractivity contribution is 7.18. The van der Waals surface area contributed by atoms with Gasteiger partial charge in [0.1, 0.15) is 10.6 Å². The molecule has 1 aliphatic carbocycles. The van der Waals surface area contributed by atoms with Crippen molar-refractivity contribution >= 4 is 33.1 Å². The fourth-order valence-electron chi connectivity index (χ4n) is 5.34. The quantitative estimate of drug-likeness (QED) is 0.534. The molecule has 3 aromatic rings. The number of aromatic nitrogens is 2. The van der Waals surface area contributed by atoms with Crippen molar-refractivity contribution in [3.8, 4) is 0 Å². The number of fused-ring (bicyclic) bond motifs is 3. The highest BCUT2D eigenvalue weighted by Crippen LogP contribution is 2.41. The first-order chi connectivity index (χ1) is 16.7. The number of amides is 1. The molecular weight excluding hydrogens is 463 g/mol. The standard InChI is InChI=1S/C27H33FN4O2S/c1-27(2,3)18-4-9-21-22(16-18)35-25-24(21)26(34)32(17-29-25)11-10-23(33)31-14-12-30(13-15-31)20-7-5-19(28)6-8-20/h5-8,17-18H,4,9-16H2,1-3H3. The van der Waals surface area contributed by atoms with E-state index in [0.717, 1.165) is 35.2 Å². The number of halogens is 1. The number of piperazine rings is 1. The molecule has 5 rings (SSSR count). The van der Waals surface area contributed by atoms with Crippen LogP contribution in [0.3, 0.4) is 0 Å². The Morgan fingerprint density at radius 1 is 1.14 bits per heavy atom. The second-order valence-electron chi connectivity index (χ2n) is 10.8. The van der Waals surface area contributed by atoms with Gasteiger partial charge in [0.2, 0.25) is 5.91 Å². The van der Waals surface area contributed by atoms with Gasteiger partial charge in [-0.05, 0) is 60.4 Å². The summed E-state index contributed by atoms with van der Waals surface area (Å²) in [5.41, 5.74) is 2.39. The Morgan fingerprint density at radius 3 is 2.54 bits per heavy atom. The fraction of sp³-hybridized carbons (Fsp3) is 0.519. The highest BCUT2D eigenvalue weighted by Gasteiger charge is 2.32. The van der Waals surface area contributed by atoms with E-state index in [4.69, 9.17) is 0 Å². The number of hydrogen-bond donors (Lipinski definition) is 0. The Morgan fingerprint density at radius 2 is 1.86 bits per heavy atom. The van der Waals surface area contributed by atoms with Crippen molar-refractivity contribution in [2.24, 2.45) is 11.3 Å². The van der Waals surface area contributed by atoms with E-state index >= 15 is 0 Å². The minimum absolute atomic E-state index is 0.0179. The molecule has 1 aromatic carbocycles. The minimum Gasteiger partial charge on any atom is -0.368 e. The molecule has 2 aromatic heterocycles. The van der Waals surface area contributed by atoms with Crippen LogP contribution in [-0.2, 0) is 24.2 Å². The lowest BCUT2D eigenvalue weighted by Gasteiger charge is -2.36. The third-order valence-corrected chi connectivity index (χ3v) is 8.81. The first kappa shape index (κ1) is 24.0. The summed E-state index contributed by atoms with van der Waals surface area (Å²) in [6.45, 7) is 9.88. The molecule has 0 bridgehead atoms. The third kappa shape index (κ3) is 4.85. The van der Waals surface area contributed by atoms with Crippen molar-refractivity contribution in [3.63, 3.8) is 0 Å². The number of aryl methyl sites for hydroxylation is 2. The van der Waals surface area contributed by atoms with Gasteiger partial charge in [0.25, 0.3) is 5.56 Å². The van der Waals surface area contributed by atoms with E-state index in [0.29, 0.717) is 38.6 Å². The molecule has 0 radical (unpaired) electrons. The SMILES string of the molecule is CC(C)(C)C1CCc2c(sc3ncn(CCC(=O)N4CCN(c5ccc(F)cc5)CC4)c(=O)c23)C1. The predicted molar refractivity (Wildman–Crippen MR) is 139 cm³/mol. The average molecular weight is 497 g/mol. The molecule has 1 atom stereocenters. The van der Waals surface area contributed by atoms with Gasteiger partial charge in [-0.3, -0.25) is 14.2 Å². The van der Waals surface area contributed by atoms with Crippen molar-refractivity contribution < 1.29 is 9.18 Å². The zero-order valence-corrected chi connectivity index (χ0v) is 21.5. The zero-order chi connectivity index (χ0) is 24.7. The summed E-state index contributed by atoms with van der Waals surface area (Å²) < 4.78 is 14.8. The normalized spacial score (nSPS) is 18.7. The van der Waals surface area contributed by atoms with Crippen LogP contribution >= 0.6 is 11.3 Å². The maximum atomic E-state index is 13.3. The molecular formula is C27H33FN4O2S. The summed E-state index contributed by atoms with van der Waals surface area (Å²) in [5.74, 6) is 0.421. The Hall–Kier alpha value is -2.74. The second-order valence-corrected chi connectivity index (χ2v) is 11.9. The summed E-state index contributed by atoms with van der Waals surface area (Å²) in [7, 11) is 0. The van der Waals surface area contributed by atoms with Gasteiger partial charge in [-0.15, -0.1) is 11.3 Å². The summed E-state index contributed by atoms with van der Waals surface area (Å²) in [6.07, 6.45) is 4.92. The fourth-order valence-corrected chi connectivity index (χ4v) is 6.60. The smallest absolute Gasteiger partial charge is 0.262 e. The number of hydrogen-bond acceptors (Lipinski definition) is 5. The average Bonchev–Trinajstić information content (AvgIpc) is 3.22. The van der Waals surface area contributed by atoms with Crippen LogP contribution in [0.5, 0.6) is 0 Å². The zero-order valence-electron chi connectivity index (χ0n) is 20.7. The molecule has 1 amide bonds. The number of rotatable bonds is 4. The Bertz CT molecular complexity index is 1280. The van der Waals surface area contributed by atoms with Crippen molar-refractivity contribution in [2.45, 2.75) is 53.0 Å². The molecule has 2 aliphatic rings. The number of thiophene rings is 1. The van der Waals surface area contributed by atoms with Gasteiger partial charge < -0.3 is 9.80 Å². The molecule has 0 N–H and O–H groups in total. The largest absolute Gasteiger partial charge is 0.368 e. The molecule has 1 unspecified atom stereocenters. The Kier molecular flexibility index (Phi) is 6.42. The van der Waals surface area contributed by atoms with Crippen molar-refractivity contribution in [1.82, 2.24) is 14.5 Å². The monoisotopic (exact) mass is 496 g/mol. The van der Waals surface area contributed by atoms with E-state index in [9.17, 15) is 14.0 Å². The molecule has 1 saturated heterocycles. The Balaban J connectivity index is 1.23. The maximum absolute atomic E-state index is 13.3. The molecule has 1 aliphatic heterocycles. The van der Waals surface area contributed by atoms with Gasteiger partial charge >= 0.3 is 0 Å². The van der Waals surface area contributed by atoms with E-state index in [-0.39, 0.29) is 29.1 Å². The topological polar surface area (TPSA) is 58.4 Å². The van der Waals surface area contributed by atoms with E-state index in [1.807, 2.05) is 4.90 Å². The van der Waals surface area contributed by atoms with Gasteiger partial charge in [-0.1, -0.05) is 20.8 Å². The lowest BCUT2D eigenvalue weighted by Crippen LogP contribution is -2.49. The molecule has 8 heteroatoms. The number of anilines is 1. The van der Waals surface area contributed by atoms with E-state index < -0.39 is 0 Å². The van der Waals surface area contributed by atoms with Gasteiger partial charge in [0.15, 0.2) is 0 Å². The number of carbonyl (C=O) groups excluding carboxylic acids is 1. The third-order valence-electron chi connectivity index (χ3n) is 7.65. The molecule has 0 saturated carbocycles. The second kappa shape index (κ2) is 9.37. The maximum Gasteiger partial charge on any atom is 0.262 e. The summed E-state index contributed by atoms with van der Waals surface area (Å²) >= 11 is 1.66. The van der Waals surface area contributed by atoms with Crippen molar-refractivity contribution in [1.29, 1.82) is 0 Å². The number of carbonyl (C=O) groups is 1. The number of benzene rings is 1. The first-order valence-electron chi connectivity index (χ1n) is 12.5. The van der Waals surface area contributed by atoms with E-state index in [1.54, 1.807) is 34.4 Å². The summed E-state index contributed by atoms with van der Waals surface area (Å²) in [5, 5.41) is 0.764. The molecule has 3 heterocycles. The van der Waals surface area contributed by atoms with Gasteiger partial charge in [-0.2, -0.15) is 0 Å². The predicted octanol–water partition coefficient (Wildman–Crippen LogP) is 4.49. The van der Waals surface area contributed by atoms with E-state index in [1.165, 1.54) is 22.6 Å². The molecule has 0 spiro atoms. The van der Waals surface area contributed by atoms with Crippen LogP contribution < -0.4 is 10.5 Å². The van der Waals surface area contributed by atoms with Crippen LogP contribution in [0.15, 0.2) is 35.4 Å². The van der Waals surface area contributed by atoms with Gasteiger partial charge in [0.05, 0.1) is 11.7 Å². The first-order valence-corrected chi connectivity index (χ1v) is 13.3. The highest BCUT2D eigenvalue weighted by atomic mass is 32.1. The van der Waals surface area contributed by atoms with Gasteiger partial charge in [-0.25, -0.2) is 9.37 Å². The summed E-state index contributed by atoms with van der Waals surface area (Å²) in [6, 6.07) is 6.47. The van der Waals surface area contributed by atoms with Crippen LogP contribution in [0.4, 0.5) is 10.1 Å². The van der Waals surface area contributed by atoms with Crippen molar-refractivity contribution in [3.05, 3.63) is 57.2 Å². The van der Waals surface area contributed by atoms with E-state index in [2.05, 4.69) is 30.7 Å². The minimum atomic E-state index is -0.248.